The first-order valence-electron chi connectivity index (χ1n) is 4.38. The van der Waals surface area contributed by atoms with Gasteiger partial charge in [-0.25, -0.2) is 0 Å². The molecule has 0 spiro atoms. The van der Waals surface area contributed by atoms with Crippen LogP contribution < -0.4 is 4.74 Å². The van der Waals surface area contributed by atoms with Crippen LogP contribution in [-0.2, 0) is 0 Å². The molecule has 1 aliphatic heterocycles. The normalized spacial score (nSPS) is 19.6. The summed E-state index contributed by atoms with van der Waals surface area (Å²) in [6, 6.07) is 5.13. The fraction of sp³-hybridized carbons (Fsp3) is 0.400. The van der Waals surface area contributed by atoms with E-state index in [1.165, 1.54) is 0 Å². The van der Waals surface area contributed by atoms with Crippen LogP contribution in [0.2, 0.25) is 0 Å². The third kappa shape index (κ3) is 1.47. The smallest absolute Gasteiger partial charge is 0.126 e. The quantitative estimate of drug-likeness (QED) is 0.720. The largest absolute Gasteiger partial charge is 0.508 e. The van der Waals surface area contributed by atoms with Crippen LogP contribution in [0.25, 0.3) is 0 Å². The van der Waals surface area contributed by atoms with Gasteiger partial charge in [-0.1, -0.05) is 6.07 Å². The molecular weight excluding hydrogens is 168 g/mol. The van der Waals surface area contributed by atoms with Crippen molar-refractivity contribution in [2.45, 2.75) is 12.3 Å². The molecule has 1 aromatic carbocycles. The first-order chi connectivity index (χ1) is 6.31. The van der Waals surface area contributed by atoms with Crippen LogP contribution in [0.3, 0.4) is 0 Å². The van der Waals surface area contributed by atoms with Crippen LogP contribution in [-0.4, -0.2) is 23.4 Å². The number of benzene rings is 1. The number of fused-ring (bicyclic) bond motifs is 1. The first-order valence-corrected chi connectivity index (χ1v) is 4.38. The molecule has 70 valence electrons. The van der Waals surface area contributed by atoms with E-state index in [9.17, 15) is 5.11 Å². The molecular formula is C10H12O3. The summed E-state index contributed by atoms with van der Waals surface area (Å²) in [5, 5.41) is 18.0. The number of rotatable bonds is 2. The van der Waals surface area contributed by atoms with Gasteiger partial charge < -0.3 is 14.9 Å². The molecule has 0 saturated heterocycles. The summed E-state index contributed by atoms with van der Waals surface area (Å²) in [7, 11) is 0. The molecule has 0 bridgehead atoms. The van der Waals surface area contributed by atoms with E-state index in [1.807, 2.05) is 6.07 Å². The molecule has 3 nitrogen and oxygen atoms in total. The molecule has 0 saturated carbocycles. The maximum absolute atomic E-state index is 9.18. The number of hydrogen-bond donors (Lipinski definition) is 2. The molecule has 1 aliphatic rings. The van der Waals surface area contributed by atoms with Crippen LogP contribution in [0.4, 0.5) is 0 Å². The predicted octanol–water partition coefficient (Wildman–Crippen LogP) is 1.25. The van der Waals surface area contributed by atoms with E-state index in [0.717, 1.165) is 17.7 Å². The van der Waals surface area contributed by atoms with Crippen molar-refractivity contribution < 1.29 is 14.9 Å². The molecule has 2 N–H and O–H groups in total. The lowest BCUT2D eigenvalue weighted by molar-refractivity contribution is 0.254. The van der Waals surface area contributed by atoms with Crippen molar-refractivity contribution in [1.29, 1.82) is 0 Å². The summed E-state index contributed by atoms with van der Waals surface area (Å²) in [4.78, 5) is 0. The molecule has 1 unspecified atom stereocenters. The zero-order valence-electron chi connectivity index (χ0n) is 7.23. The van der Waals surface area contributed by atoms with Gasteiger partial charge in [-0.2, -0.15) is 0 Å². The lowest BCUT2D eigenvalue weighted by Gasteiger charge is -2.04. The van der Waals surface area contributed by atoms with Crippen molar-refractivity contribution in [3.63, 3.8) is 0 Å². The number of phenolic OH excluding ortho intramolecular Hbond substituents is 1. The molecule has 0 fully saturated rings. The van der Waals surface area contributed by atoms with Crippen molar-refractivity contribution in [1.82, 2.24) is 0 Å². The second-order valence-corrected chi connectivity index (χ2v) is 3.24. The van der Waals surface area contributed by atoms with Gasteiger partial charge in [-0.3, -0.25) is 0 Å². The zero-order chi connectivity index (χ0) is 9.26. The van der Waals surface area contributed by atoms with Crippen molar-refractivity contribution in [3.05, 3.63) is 23.8 Å². The minimum absolute atomic E-state index is 0.175. The Bertz CT molecular complexity index is 309. The summed E-state index contributed by atoms with van der Waals surface area (Å²) in [6.45, 7) is 0.785. The van der Waals surface area contributed by atoms with Crippen molar-refractivity contribution in [2.24, 2.45) is 0 Å². The fourth-order valence-corrected chi connectivity index (χ4v) is 1.66. The third-order valence-corrected chi connectivity index (χ3v) is 2.35. The van der Waals surface area contributed by atoms with Crippen LogP contribution in [0.1, 0.15) is 17.9 Å². The Morgan fingerprint density at radius 1 is 1.46 bits per heavy atom. The van der Waals surface area contributed by atoms with Gasteiger partial charge in [0, 0.05) is 24.2 Å². The van der Waals surface area contributed by atoms with Gasteiger partial charge >= 0.3 is 0 Å². The molecule has 0 amide bonds. The van der Waals surface area contributed by atoms with Crippen LogP contribution in [0, 0.1) is 0 Å². The van der Waals surface area contributed by atoms with Gasteiger partial charge in [-0.15, -0.1) is 0 Å². The molecule has 0 radical (unpaired) electrons. The minimum atomic E-state index is 0.175. The summed E-state index contributed by atoms with van der Waals surface area (Å²) in [5.41, 5.74) is 1.09. The van der Waals surface area contributed by atoms with E-state index < -0.39 is 0 Å². The maximum atomic E-state index is 9.18. The van der Waals surface area contributed by atoms with Gasteiger partial charge in [0.1, 0.15) is 11.5 Å². The summed E-state index contributed by atoms with van der Waals surface area (Å²) < 4.78 is 5.37. The van der Waals surface area contributed by atoms with E-state index in [0.29, 0.717) is 6.61 Å². The van der Waals surface area contributed by atoms with Crippen LogP contribution in [0.5, 0.6) is 11.5 Å². The number of aliphatic hydroxyl groups excluding tert-OH is 1. The highest BCUT2D eigenvalue weighted by molar-refractivity contribution is 5.44. The zero-order valence-corrected chi connectivity index (χ0v) is 7.23. The van der Waals surface area contributed by atoms with Gasteiger partial charge in [0.15, 0.2) is 0 Å². The number of aliphatic hydroxyl groups is 1. The van der Waals surface area contributed by atoms with Gasteiger partial charge in [0.2, 0.25) is 0 Å². The Morgan fingerprint density at radius 3 is 3.08 bits per heavy atom. The Kier molecular flexibility index (Phi) is 2.10. The minimum Gasteiger partial charge on any atom is -0.508 e. The number of aromatic hydroxyl groups is 1. The molecule has 1 heterocycles. The number of ether oxygens (including phenoxy) is 1. The maximum Gasteiger partial charge on any atom is 0.126 e. The van der Waals surface area contributed by atoms with Crippen molar-refractivity contribution >= 4 is 0 Å². The first kappa shape index (κ1) is 8.38. The lowest BCUT2D eigenvalue weighted by Crippen LogP contribution is -2.02. The summed E-state index contributed by atoms with van der Waals surface area (Å²) >= 11 is 0. The highest BCUT2D eigenvalue weighted by Crippen LogP contribution is 2.37. The van der Waals surface area contributed by atoms with E-state index >= 15 is 0 Å². The molecule has 13 heavy (non-hydrogen) atoms. The average Bonchev–Trinajstić information content (AvgIpc) is 2.49. The van der Waals surface area contributed by atoms with E-state index in [4.69, 9.17) is 9.84 Å². The molecule has 0 aliphatic carbocycles. The fourth-order valence-electron chi connectivity index (χ4n) is 1.66. The lowest BCUT2D eigenvalue weighted by atomic mass is 9.98. The van der Waals surface area contributed by atoms with E-state index in [2.05, 4.69) is 0 Å². The molecule has 1 aromatic rings. The van der Waals surface area contributed by atoms with E-state index in [-0.39, 0.29) is 18.3 Å². The Balaban J connectivity index is 2.27. The summed E-state index contributed by atoms with van der Waals surface area (Å²) in [6.07, 6.45) is 0.720. The highest BCUT2D eigenvalue weighted by atomic mass is 16.5. The van der Waals surface area contributed by atoms with Gasteiger partial charge in [0.05, 0.1) is 6.61 Å². The number of phenols is 1. The topological polar surface area (TPSA) is 49.7 Å². The Hall–Kier alpha value is -1.22. The molecule has 3 heteroatoms. The van der Waals surface area contributed by atoms with Crippen molar-refractivity contribution in [2.75, 3.05) is 13.2 Å². The monoisotopic (exact) mass is 180 g/mol. The number of hydrogen-bond acceptors (Lipinski definition) is 3. The standard InChI is InChI=1S/C10H12O3/c11-4-3-7-6-13-10-5-8(12)1-2-9(7)10/h1-2,5,7,11-12H,3-4,6H2. The third-order valence-electron chi connectivity index (χ3n) is 2.35. The second-order valence-electron chi connectivity index (χ2n) is 3.24. The van der Waals surface area contributed by atoms with Crippen molar-refractivity contribution in [3.8, 4) is 11.5 Å². The SMILES string of the molecule is OCCC1COc2cc(O)ccc21. The Morgan fingerprint density at radius 2 is 2.31 bits per heavy atom. The molecule has 1 atom stereocenters. The molecule has 0 aromatic heterocycles. The summed E-state index contributed by atoms with van der Waals surface area (Å²) in [5.74, 6) is 1.25. The second kappa shape index (κ2) is 3.26. The van der Waals surface area contributed by atoms with Crippen LogP contribution in [0.15, 0.2) is 18.2 Å². The van der Waals surface area contributed by atoms with E-state index in [1.54, 1.807) is 12.1 Å². The molecule has 2 rings (SSSR count). The highest BCUT2D eigenvalue weighted by Gasteiger charge is 2.23. The predicted molar refractivity (Wildman–Crippen MR) is 48.0 cm³/mol. The average molecular weight is 180 g/mol. The van der Waals surface area contributed by atoms with Crippen LogP contribution >= 0.6 is 0 Å². The Labute approximate surface area is 76.6 Å². The van der Waals surface area contributed by atoms with Gasteiger partial charge in [0.25, 0.3) is 0 Å². The van der Waals surface area contributed by atoms with Gasteiger partial charge in [-0.05, 0) is 12.5 Å².